The molecule has 0 aliphatic carbocycles. The minimum absolute atomic E-state index is 0.0127. The molecule has 1 aliphatic rings. The summed E-state index contributed by atoms with van der Waals surface area (Å²) in [6, 6.07) is 0. The first kappa shape index (κ1) is 17.5. The quantitative estimate of drug-likeness (QED) is 0.568. The topological polar surface area (TPSA) is 142 Å². The average Bonchev–Trinajstić information content (AvgIpc) is 3.10. The second-order valence-corrected chi connectivity index (χ2v) is 6.07. The normalized spacial score (nSPS) is 26.5. The van der Waals surface area contributed by atoms with Gasteiger partial charge in [-0.25, -0.2) is 9.37 Å². The van der Waals surface area contributed by atoms with E-state index >= 15 is 0 Å². The zero-order valence-electron chi connectivity index (χ0n) is 13.5. The van der Waals surface area contributed by atoms with Crippen LogP contribution in [0.1, 0.15) is 20.1 Å². The molecule has 1 fully saturated rings. The molecule has 2 aromatic heterocycles. The summed E-state index contributed by atoms with van der Waals surface area (Å²) in [6.45, 7) is 2.79. The highest BCUT2D eigenvalue weighted by Gasteiger charge is 2.45. The number of carbonyl (C=O) groups excluding carboxylic acids is 1. The smallest absolute Gasteiger partial charge is 0.280 e. The van der Waals surface area contributed by atoms with Crippen molar-refractivity contribution in [2.24, 2.45) is 5.92 Å². The molecule has 0 saturated carbocycles. The molecule has 136 valence electrons. The van der Waals surface area contributed by atoms with Crippen molar-refractivity contribution >= 4 is 23.0 Å². The Morgan fingerprint density at radius 3 is 2.88 bits per heavy atom. The van der Waals surface area contributed by atoms with Gasteiger partial charge in [-0.05, 0) is 0 Å². The largest absolute Gasteiger partial charge is 0.394 e. The van der Waals surface area contributed by atoms with Crippen LogP contribution in [-0.4, -0.2) is 60.6 Å². The molecule has 25 heavy (non-hydrogen) atoms. The number of ether oxygens (including phenoxy) is 1. The predicted octanol–water partition coefficient (Wildman–Crippen LogP) is -0.697. The Morgan fingerprint density at radius 1 is 1.56 bits per heavy atom. The summed E-state index contributed by atoms with van der Waals surface area (Å²) < 4.78 is 20.8. The molecule has 0 radical (unpaired) electrons. The summed E-state index contributed by atoms with van der Waals surface area (Å²) in [6.07, 6.45) is -4.61. The lowest BCUT2D eigenvalue weighted by Crippen LogP contribution is -2.30. The monoisotopic (exact) mass is 355 g/mol. The molecule has 1 amide bonds. The SMILES string of the molecule is CC(C)C(=O)Nc1nc2c(ncn2[C@@H]2O[C@H](CO)[C@H](O)[C@H]2F)c(=O)[nH]1. The average molecular weight is 355 g/mol. The number of hydrogen-bond acceptors (Lipinski definition) is 7. The van der Waals surface area contributed by atoms with Crippen molar-refractivity contribution in [2.45, 2.75) is 38.5 Å². The van der Waals surface area contributed by atoms with Gasteiger partial charge >= 0.3 is 0 Å². The van der Waals surface area contributed by atoms with Crippen LogP contribution in [0.5, 0.6) is 0 Å². The number of alkyl halides is 1. The lowest BCUT2D eigenvalue weighted by atomic mass is 10.1. The third kappa shape index (κ3) is 3.01. The fraction of sp³-hybridized carbons (Fsp3) is 0.571. The van der Waals surface area contributed by atoms with Crippen LogP contribution in [0.25, 0.3) is 11.2 Å². The van der Waals surface area contributed by atoms with Crippen molar-refractivity contribution < 1.29 is 24.1 Å². The number of anilines is 1. The van der Waals surface area contributed by atoms with Crippen LogP contribution in [-0.2, 0) is 9.53 Å². The van der Waals surface area contributed by atoms with Gasteiger partial charge in [-0.15, -0.1) is 0 Å². The molecule has 0 aromatic carbocycles. The van der Waals surface area contributed by atoms with Crippen LogP contribution in [0, 0.1) is 5.92 Å². The number of nitrogens with one attached hydrogen (secondary N) is 2. The summed E-state index contributed by atoms with van der Waals surface area (Å²) in [5, 5.41) is 21.3. The molecule has 4 N–H and O–H groups in total. The van der Waals surface area contributed by atoms with Crippen LogP contribution in [0.3, 0.4) is 0 Å². The minimum atomic E-state index is -1.84. The molecular weight excluding hydrogens is 337 g/mol. The highest BCUT2D eigenvalue weighted by molar-refractivity contribution is 5.91. The van der Waals surface area contributed by atoms with Gasteiger partial charge in [-0.1, -0.05) is 13.8 Å². The summed E-state index contributed by atoms with van der Waals surface area (Å²) in [7, 11) is 0. The van der Waals surface area contributed by atoms with E-state index in [4.69, 9.17) is 9.84 Å². The number of imidazole rings is 1. The number of aliphatic hydroxyl groups is 2. The van der Waals surface area contributed by atoms with Gasteiger partial charge in [0, 0.05) is 5.92 Å². The fourth-order valence-electron chi connectivity index (χ4n) is 2.51. The summed E-state index contributed by atoms with van der Waals surface area (Å²) in [5.74, 6) is -0.796. The standard InChI is InChI=1S/C14H18FN5O5/c1-5(2)11(23)18-14-17-10-8(12(24)19-14)16-4-20(10)13-7(15)9(22)6(3-21)25-13/h4-7,9,13,21-22H,3H2,1-2H3,(H2,17,18,19,23,24)/t6-,7-,9+,13-/m1/s1. The van der Waals surface area contributed by atoms with E-state index in [1.54, 1.807) is 13.8 Å². The van der Waals surface area contributed by atoms with Gasteiger partial charge in [-0.3, -0.25) is 24.5 Å². The minimum Gasteiger partial charge on any atom is -0.394 e. The van der Waals surface area contributed by atoms with E-state index in [1.165, 1.54) is 0 Å². The maximum atomic E-state index is 14.3. The molecule has 0 unspecified atom stereocenters. The molecule has 3 rings (SSSR count). The van der Waals surface area contributed by atoms with Gasteiger partial charge in [0.15, 0.2) is 23.6 Å². The molecule has 10 nitrogen and oxygen atoms in total. The third-order valence-electron chi connectivity index (χ3n) is 3.95. The van der Waals surface area contributed by atoms with Gasteiger partial charge in [0.05, 0.1) is 12.9 Å². The van der Waals surface area contributed by atoms with E-state index in [0.717, 1.165) is 10.9 Å². The van der Waals surface area contributed by atoms with Crippen LogP contribution in [0.2, 0.25) is 0 Å². The van der Waals surface area contributed by atoms with Crippen molar-refractivity contribution in [3.05, 3.63) is 16.7 Å². The molecule has 3 heterocycles. The van der Waals surface area contributed by atoms with Crippen molar-refractivity contribution in [1.82, 2.24) is 19.5 Å². The summed E-state index contributed by atoms with van der Waals surface area (Å²) >= 11 is 0. The van der Waals surface area contributed by atoms with E-state index in [-0.39, 0.29) is 28.9 Å². The number of hydrogen-bond donors (Lipinski definition) is 4. The number of H-pyrrole nitrogens is 1. The maximum absolute atomic E-state index is 14.3. The number of amides is 1. The van der Waals surface area contributed by atoms with Gasteiger partial charge < -0.3 is 14.9 Å². The lowest BCUT2D eigenvalue weighted by molar-refractivity contribution is -0.118. The Labute approximate surface area is 140 Å². The van der Waals surface area contributed by atoms with Crippen LogP contribution >= 0.6 is 0 Å². The molecule has 0 bridgehead atoms. The highest BCUT2D eigenvalue weighted by atomic mass is 19.1. The zero-order valence-corrected chi connectivity index (χ0v) is 13.5. The van der Waals surface area contributed by atoms with E-state index in [2.05, 4.69) is 20.3 Å². The third-order valence-corrected chi connectivity index (χ3v) is 3.95. The predicted molar refractivity (Wildman–Crippen MR) is 83.5 cm³/mol. The Balaban J connectivity index is 2.01. The first-order valence-corrected chi connectivity index (χ1v) is 7.69. The lowest BCUT2D eigenvalue weighted by Gasteiger charge is -2.15. The second kappa shape index (κ2) is 6.50. The van der Waals surface area contributed by atoms with Crippen molar-refractivity contribution in [2.75, 3.05) is 11.9 Å². The van der Waals surface area contributed by atoms with Gasteiger partial charge in [0.1, 0.15) is 12.2 Å². The Morgan fingerprint density at radius 2 is 2.28 bits per heavy atom. The Kier molecular flexibility index (Phi) is 4.54. The molecule has 11 heteroatoms. The number of nitrogens with zero attached hydrogens (tertiary/aromatic N) is 3. The van der Waals surface area contributed by atoms with E-state index in [0.29, 0.717) is 0 Å². The number of halogens is 1. The number of rotatable bonds is 4. The number of aliphatic hydroxyl groups excluding tert-OH is 2. The van der Waals surface area contributed by atoms with Crippen molar-refractivity contribution in [3.63, 3.8) is 0 Å². The first-order valence-electron chi connectivity index (χ1n) is 7.69. The molecular formula is C14H18FN5O5. The zero-order chi connectivity index (χ0) is 18.3. The molecule has 1 saturated heterocycles. The van der Waals surface area contributed by atoms with E-state index in [1.807, 2.05) is 0 Å². The fourth-order valence-corrected chi connectivity index (χ4v) is 2.51. The van der Waals surface area contributed by atoms with Crippen molar-refractivity contribution in [3.8, 4) is 0 Å². The van der Waals surface area contributed by atoms with Crippen molar-refractivity contribution in [1.29, 1.82) is 0 Å². The molecule has 2 aromatic rings. The molecule has 0 spiro atoms. The maximum Gasteiger partial charge on any atom is 0.280 e. The summed E-state index contributed by atoms with van der Waals surface area (Å²) in [5.41, 5.74) is -0.697. The van der Waals surface area contributed by atoms with Gasteiger partial charge in [-0.2, -0.15) is 4.98 Å². The first-order chi connectivity index (χ1) is 11.8. The van der Waals surface area contributed by atoms with Crippen LogP contribution in [0.4, 0.5) is 10.3 Å². The van der Waals surface area contributed by atoms with E-state index < -0.39 is 36.8 Å². The number of aromatic amines is 1. The van der Waals surface area contributed by atoms with Gasteiger partial charge in [0.25, 0.3) is 5.56 Å². The molecule has 1 aliphatic heterocycles. The van der Waals surface area contributed by atoms with E-state index in [9.17, 15) is 19.1 Å². The Hall–Kier alpha value is -2.37. The number of aromatic nitrogens is 4. The Bertz CT molecular complexity index is 850. The number of carbonyl (C=O) groups is 1. The highest BCUT2D eigenvalue weighted by Crippen LogP contribution is 2.33. The van der Waals surface area contributed by atoms with Crippen LogP contribution < -0.4 is 10.9 Å². The van der Waals surface area contributed by atoms with Gasteiger partial charge in [0.2, 0.25) is 11.9 Å². The second-order valence-electron chi connectivity index (χ2n) is 6.07. The number of fused-ring (bicyclic) bond motifs is 1. The molecule has 4 atom stereocenters. The summed E-state index contributed by atoms with van der Waals surface area (Å²) in [4.78, 5) is 34.2. The van der Waals surface area contributed by atoms with Crippen LogP contribution in [0.15, 0.2) is 11.1 Å².